The molecule has 158 valence electrons. The quantitative estimate of drug-likeness (QED) is 0.443. The van der Waals surface area contributed by atoms with Crippen LogP contribution in [0.25, 0.3) is 5.82 Å². The Morgan fingerprint density at radius 2 is 2.00 bits per heavy atom. The number of nitrogens with one attached hydrogen (secondary N) is 1. The van der Waals surface area contributed by atoms with E-state index in [2.05, 4.69) is 35.8 Å². The number of carbonyl (C=O) groups is 1. The summed E-state index contributed by atoms with van der Waals surface area (Å²) in [4.78, 5) is 14.3. The number of aromatic nitrogens is 5. The van der Waals surface area contributed by atoms with E-state index < -0.39 is 17.6 Å². The van der Waals surface area contributed by atoms with Gasteiger partial charge in [-0.3, -0.25) is 4.79 Å². The van der Waals surface area contributed by atoms with Crippen LogP contribution in [-0.2, 0) is 12.7 Å². The third-order valence-corrected chi connectivity index (χ3v) is 3.76. The van der Waals surface area contributed by atoms with Gasteiger partial charge in [-0.05, 0) is 42.1 Å². The largest absolute Gasteiger partial charge is 0.416 e. The minimum absolute atomic E-state index is 0.0350. The van der Waals surface area contributed by atoms with Crippen molar-refractivity contribution in [1.29, 1.82) is 0 Å². The summed E-state index contributed by atoms with van der Waals surface area (Å²) in [6, 6.07) is 4.29. The third-order valence-electron chi connectivity index (χ3n) is 3.76. The SMILES string of the molecule is CN(C)Cc1c(C(=O)N/N=C/c2ccc(C(F)(F)F)cc2)nnn1-c1nonc1N. The number of alkyl halides is 3. The lowest BCUT2D eigenvalue weighted by atomic mass is 10.1. The zero-order chi connectivity index (χ0) is 21.9. The summed E-state index contributed by atoms with van der Waals surface area (Å²) in [6.07, 6.45) is -3.23. The van der Waals surface area contributed by atoms with Crippen molar-refractivity contribution >= 4 is 17.9 Å². The maximum atomic E-state index is 12.6. The lowest BCUT2D eigenvalue weighted by Crippen LogP contribution is -2.23. The molecule has 11 nitrogen and oxygen atoms in total. The topological polar surface area (TPSA) is 140 Å². The van der Waals surface area contributed by atoms with Gasteiger partial charge in [0, 0.05) is 6.54 Å². The van der Waals surface area contributed by atoms with Crippen LogP contribution in [0.2, 0.25) is 0 Å². The molecule has 2 aromatic heterocycles. The molecule has 0 unspecified atom stereocenters. The molecule has 0 bridgehead atoms. The minimum atomic E-state index is -4.43. The zero-order valence-electron chi connectivity index (χ0n) is 15.8. The van der Waals surface area contributed by atoms with E-state index in [0.717, 1.165) is 12.1 Å². The van der Waals surface area contributed by atoms with Crippen molar-refractivity contribution in [3.63, 3.8) is 0 Å². The lowest BCUT2D eigenvalue weighted by Gasteiger charge is -2.11. The number of rotatable bonds is 6. The molecule has 0 atom stereocenters. The second kappa shape index (κ2) is 8.28. The van der Waals surface area contributed by atoms with Gasteiger partial charge in [-0.1, -0.05) is 17.3 Å². The highest BCUT2D eigenvalue weighted by Gasteiger charge is 2.29. The Morgan fingerprint density at radius 1 is 1.30 bits per heavy atom. The van der Waals surface area contributed by atoms with Gasteiger partial charge in [-0.15, -0.1) is 5.10 Å². The van der Waals surface area contributed by atoms with Gasteiger partial charge < -0.3 is 10.6 Å². The number of carbonyl (C=O) groups excluding carboxylic acids is 1. The van der Waals surface area contributed by atoms with Crippen molar-refractivity contribution in [3.05, 3.63) is 46.8 Å². The maximum Gasteiger partial charge on any atom is 0.416 e. The average Bonchev–Trinajstić information content (AvgIpc) is 3.26. The first kappa shape index (κ1) is 20.9. The smallest absolute Gasteiger partial charge is 0.378 e. The summed E-state index contributed by atoms with van der Waals surface area (Å²) in [5.41, 5.74) is 7.82. The van der Waals surface area contributed by atoms with E-state index in [0.29, 0.717) is 11.3 Å². The average molecular weight is 423 g/mol. The molecular formula is C16H16F3N9O2. The molecule has 0 saturated heterocycles. The number of hydrazone groups is 1. The highest BCUT2D eigenvalue weighted by atomic mass is 19.4. The molecule has 3 aromatic rings. The van der Waals surface area contributed by atoms with Gasteiger partial charge in [0.05, 0.1) is 17.5 Å². The molecule has 0 spiro atoms. The first-order valence-electron chi connectivity index (χ1n) is 8.35. The standard InChI is InChI=1S/C16H16F3N9O2/c1-27(2)8-11-12(22-26-28(11)14-13(20)24-30-25-14)15(29)23-21-7-9-3-5-10(6-4-9)16(17,18)19/h3-7H,8H2,1-2H3,(H2,20,24)(H,23,29)/b21-7+. The maximum absolute atomic E-state index is 12.6. The molecule has 0 aliphatic heterocycles. The van der Waals surface area contributed by atoms with Crippen LogP contribution in [0.4, 0.5) is 19.0 Å². The van der Waals surface area contributed by atoms with Gasteiger partial charge in [0.2, 0.25) is 11.6 Å². The predicted molar refractivity (Wildman–Crippen MR) is 97.5 cm³/mol. The van der Waals surface area contributed by atoms with E-state index in [1.165, 1.54) is 23.0 Å². The zero-order valence-corrected chi connectivity index (χ0v) is 15.8. The Bertz CT molecular complexity index is 1050. The third kappa shape index (κ3) is 4.60. The Morgan fingerprint density at radius 3 is 2.57 bits per heavy atom. The second-order valence-electron chi connectivity index (χ2n) is 6.33. The van der Waals surface area contributed by atoms with Gasteiger partial charge in [0.1, 0.15) is 0 Å². The van der Waals surface area contributed by atoms with Crippen LogP contribution >= 0.6 is 0 Å². The number of nitrogen functional groups attached to an aromatic ring is 1. The van der Waals surface area contributed by atoms with E-state index in [-0.39, 0.29) is 23.9 Å². The summed E-state index contributed by atoms with van der Waals surface area (Å²) < 4.78 is 43.5. The number of amides is 1. The first-order chi connectivity index (χ1) is 14.2. The van der Waals surface area contributed by atoms with Crippen molar-refractivity contribution in [2.75, 3.05) is 19.8 Å². The lowest BCUT2D eigenvalue weighted by molar-refractivity contribution is -0.137. The van der Waals surface area contributed by atoms with Crippen LogP contribution in [0.3, 0.4) is 0 Å². The molecule has 0 radical (unpaired) electrons. The summed E-state index contributed by atoms with van der Waals surface area (Å²) in [7, 11) is 3.54. The molecule has 0 aliphatic rings. The predicted octanol–water partition coefficient (Wildman–Crippen LogP) is 1.08. The fourth-order valence-electron chi connectivity index (χ4n) is 2.40. The van der Waals surface area contributed by atoms with E-state index in [4.69, 9.17) is 5.73 Å². The number of hydrogen-bond donors (Lipinski definition) is 2. The highest BCUT2D eigenvalue weighted by Crippen LogP contribution is 2.28. The van der Waals surface area contributed by atoms with Crippen LogP contribution in [-0.4, -0.2) is 56.4 Å². The fraction of sp³-hybridized carbons (Fsp3) is 0.250. The Labute approximate surface area is 167 Å². The highest BCUT2D eigenvalue weighted by molar-refractivity contribution is 5.94. The fourth-order valence-corrected chi connectivity index (χ4v) is 2.40. The number of nitrogens with zero attached hydrogens (tertiary/aromatic N) is 7. The number of halogens is 3. The molecule has 0 saturated carbocycles. The number of benzene rings is 1. The second-order valence-corrected chi connectivity index (χ2v) is 6.33. The molecule has 3 rings (SSSR count). The summed E-state index contributed by atoms with van der Waals surface area (Å²) in [5.74, 6) is -0.643. The summed E-state index contributed by atoms with van der Waals surface area (Å²) in [6.45, 7) is 0.255. The van der Waals surface area contributed by atoms with Crippen LogP contribution in [0.5, 0.6) is 0 Å². The molecule has 1 amide bonds. The Balaban J connectivity index is 1.77. The van der Waals surface area contributed by atoms with Crippen LogP contribution in [0.1, 0.15) is 27.3 Å². The van der Waals surface area contributed by atoms with Gasteiger partial charge in [0.25, 0.3) is 5.91 Å². The molecule has 3 N–H and O–H groups in total. The number of nitrogens with two attached hydrogens (primary N) is 1. The molecule has 30 heavy (non-hydrogen) atoms. The van der Waals surface area contributed by atoms with Gasteiger partial charge in [0.15, 0.2) is 5.69 Å². The first-order valence-corrected chi connectivity index (χ1v) is 8.35. The number of hydrogen-bond acceptors (Lipinski definition) is 9. The number of anilines is 1. The molecular weight excluding hydrogens is 407 g/mol. The normalized spacial score (nSPS) is 12.1. The van der Waals surface area contributed by atoms with Crippen molar-refractivity contribution in [2.45, 2.75) is 12.7 Å². The van der Waals surface area contributed by atoms with Crippen molar-refractivity contribution in [3.8, 4) is 5.82 Å². The Kier molecular flexibility index (Phi) is 5.77. The van der Waals surface area contributed by atoms with E-state index in [9.17, 15) is 18.0 Å². The van der Waals surface area contributed by atoms with Crippen LogP contribution in [0.15, 0.2) is 34.0 Å². The van der Waals surface area contributed by atoms with E-state index in [1.807, 2.05) is 0 Å². The summed E-state index contributed by atoms with van der Waals surface area (Å²) in [5, 5.41) is 18.6. The van der Waals surface area contributed by atoms with E-state index >= 15 is 0 Å². The molecule has 0 fully saturated rings. The molecule has 14 heteroatoms. The van der Waals surface area contributed by atoms with Gasteiger partial charge in [-0.25, -0.2) is 10.1 Å². The molecule has 2 heterocycles. The molecule has 0 aliphatic carbocycles. The Hall–Kier alpha value is -3.81. The molecule has 1 aromatic carbocycles. The van der Waals surface area contributed by atoms with Crippen molar-refractivity contribution in [2.24, 2.45) is 5.10 Å². The van der Waals surface area contributed by atoms with Gasteiger partial charge >= 0.3 is 6.18 Å². The van der Waals surface area contributed by atoms with Crippen LogP contribution < -0.4 is 11.2 Å². The van der Waals surface area contributed by atoms with E-state index in [1.54, 1.807) is 19.0 Å². The van der Waals surface area contributed by atoms with Crippen molar-refractivity contribution in [1.82, 2.24) is 35.6 Å². The van der Waals surface area contributed by atoms with Crippen molar-refractivity contribution < 1.29 is 22.6 Å². The minimum Gasteiger partial charge on any atom is -0.378 e. The van der Waals surface area contributed by atoms with Gasteiger partial charge in [-0.2, -0.15) is 23.0 Å². The monoisotopic (exact) mass is 423 g/mol. The van der Waals surface area contributed by atoms with Crippen LogP contribution in [0, 0.1) is 0 Å². The summed E-state index contributed by atoms with van der Waals surface area (Å²) >= 11 is 0.